The zero-order valence-electron chi connectivity index (χ0n) is 19.3. The van der Waals surface area contributed by atoms with Gasteiger partial charge in [0.05, 0.1) is 44.0 Å². The Morgan fingerprint density at radius 3 is 2.30 bits per heavy atom. The van der Waals surface area contributed by atoms with Crippen molar-refractivity contribution >= 4 is 5.97 Å². The minimum absolute atomic E-state index is 0.0662. The van der Waals surface area contributed by atoms with Crippen LogP contribution in [0.3, 0.4) is 0 Å². The van der Waals surface area contributed by atoms with Crippen LogP contribution in [0.5, 0.6) is 28.7 Å². The monoisotopic (exact) mass is 417 g/mol. The second-order valence-corrected chi connectivity index (χ2v) is 7.43. The zero-order valence-corrected chi connectivity index (χ0v) is 16.3. The summed E-state index contributed by atoms with van der Waals surface area (Å²) in [6.45, 7) is 0.153. The van der Waals surface area contributed by atoms with Gasteiger partial charge in [0.15, 0.2) is 23.0 Å². The van der Waals surface area contributed by atoms with Gasteiger partial charge < -0.3 is 33.5 Å². The third-order valence-electron chi connectivity index (χ3n) is 6.09. The number of esters is 1. The summed E-state index contributed by atoms with van der Waals surface area (Å²) < 4.78 is 54.7. The van der Waals surface area contributed by atoms with E-state index in [1.165, 1.54) is 14.2 Å². The van der Waals surface area contributed by atoms with Gasteiger partial charge in [0, 0.05) is 11.8 Å². The van der Waals surface area contributed by atoms with Crippen molar-refractivity contribution in [2.24, 2.45) is 11.8 Å². The van der Waals surface area contributed by atoms with Gasteiger partial charge in [0.2, 0.25) is 12.5 Å². The van der Waals surface area contributed by atoms with Crippen molar-refractivity contribution in [2.45, 2.75) is 12.0 Å². The van der Waals surface area contributed by atoms with E-state index in [1.807, 2.05) is 0 Å². The Balaban J connectivity index is 1.71. The molecule has 0 aromatic heterocycles. The third kappa shape index (κ3) is 2.60. The maximum Gasteiger partial charge on any atom is 0.310 e. The Labute approximate surface area is 177 Å². The lowest BCUT2D eigenvalue weighted by Crippen LogP contribution is -2.34. The number of hydrogen-bond acceptors (Lipinski definition) is 8. The standard InChI is InChI=1S/C22H22O8/c1-25-16-4-10(5-17(26-2)21(16)27-3)18-11-6-14-15(30-9-29-14)7-12(11)20(23)13-8-28-22(24)19(13)18/h4-7,13,18-20,23H,8-9H2,1-3H3/t13-,18+,19+,20-/m0/s1/i3D3. The van der Waals surface area contributed by atoms with Crippen LogP contribution < -0.4 is 23.7 Å². The predicted molar refractivity (Wildman–Crippen MR) is 103 cm³/mol. The van der Waals surface area contributed by atoms with E-state index in [0.717, 1.165) is 0 Å². The Bertz CT molecular complexity index is 1090. The second-order valence-electron chi connectivity index (χ2n) is 7.43. The first kappa shape index (κ1) is 15.7. The van der Waals surface area contributed by atoms with Crippen LogP contribution in [0.4, 0.5) is 0 Å². The molecule has 0 saturated carbocycles. The van der Waals surface area contributed by atoms with Gasteiger partial charge in [-0.05, 0) is 41.0 Å². The van der Waals surface area contributed by atoms with E-state index >= 15 is 0 Å². The summed E-state index contributed by atoms with van der Waals surface area (Å²) in [6, 6.07) is 6.72. The summed E-state index contributed by atoms with van der Waals surface area (Å²) in [7, 11) is 0.0459. The van der Waals surface area contributed by atoms with E-state index in [0.29, 0.717) is 28.2 Å². The molecule has 3 aliphatic rings. The molecule has 1 saturated heterocycles. The highest BCUT2D eigenvalue weighted by Crippen LogP contribution is 2.55. The molecule has 0 unspecified atom stereocenters. The molecular weight excluding hydrogens is 392 g/mol. The second kappa shape index (κ2) is 6.98. The highest BCUT2D eigenvalue weighted by molar-refractivity contribution is 5.79. The minimum Gasteiger partial charge on any atom is -0.493 e. The topological polar surface area (TPSA) is 92.7 Å². The molecule has 0 radical (unpaired) electrons. The molecule has 8 nitrogen and oxygen atoms in total. The molecule has 30 heavy (non-hydrogen) atoms. The number of carbonyl (C=O) groups excluding carboxylic acids is 1. The van der Waals surface area contributed by atoms with Crippen LogP contribution in [0.2, 0.25) is 0 Å². The summed E-state index contributed by atoms with van der Waals surface area (Å²) in [6.07, 6.45) is -0.927. The molecule has 0 spiro atoms. The summed E-state index contributed by atoms with van der Waals surface area (Å²) in [5, 5.41) is 11.1. The summed E-state index contributed by atoms with van der Waals surface area (Å²) in [5.41, 5.74) is 1.91. The maximum absolute atomic E-state index is 12.8. The molecule has 2 aromatic rings. The number of aliphatic hydroxyl groups is 1. The van der Waals surface area contributed by atoms with Gasteiger partial charge in [-0.25, -0.2) is 0 Å². The van der Waals surface area contributed by atoms with Crippen LogP contribution in [0.25, 0.3) is 0 Å². The molecule has 2 aliphatic heterocycles. The average molecular weight is 417 g/mol. The number of ether oxygens (including phenoxy) is 6. The van der Waals surface area contributed by atoms with Gasteiger partial charge in [-0.2, -0.15) is 0 Å². The quantitative estimate of drug-likeness (QED) is 0.759. The first-order chi connectivity index (χ1) is 15.7. The maximum atomic E-state index is 12.8. The van der Waals surface area contributed by atoms with E-state index in [1.54, 1.807) is 24.3 Å². The molecule has 5 rings (SSSR count). The molecule has 2 aromatic carbocycles. The number of aliphatic hydroxyl groups excluding tert-OH is 1. The van der Waals surface area contributed by atoms with Crippen LogP contribution in [0, 0.1) is 11.8 Å². The molecule has 4 atom stereocenters. The summed E-state index contributed by atoms with van der Waals surface area (Å²) >= 11 is 0. The lowest BCUT2D eigenvalue weighted by molar-refractivity contribution is -0.141. The van der Waals surface area contributed by atoms with E-state index in [2.05, 4.69) is 0 Å². The van der Waals surface area contributed by atoms with Gasteiger partial charge in [-0.1, -0.05) is 0 Å². The van der Waals surface area contributed by atoms with Gasteiger partial charge in [0.25, 0.3) is 0 Å². The first-order valence-electron chi connectivity index (χ1n) is 10.9. The summed E-state index contributed by atoms with van der Waals surface area (Å²) in [5.74, 6) is -0.869. The van der Waals surface area contributed by atoms with E-state index in [9.17, 15) is 9.90 Å². The molecule has 158 valence electrons. The average Bonchev–Trinajstić information content (AvgIpc) is 3.39. The number of cyclic esters (lactones) is 1. The molecule has 8 heteroatoms. The van der Waals surface area contributed by atoms with Gasteiger partial charge in [0.1, 0.15) is 0 Å². The van der Waals surface area contributed by atoms with Crippen molar-refractivity contribution < 1.29 is 42.4 Å². The largest absolute Gasteiger partial charge is 0.493 e. The fourth-order valence-corrected chi connectivity index (χ4v) is 4.71. The van der Waals surface area contributed by atoms with Crippen LogP contribution in [-0.4, -0.2) is 45.7 Å². The van der Waals surface area contributed by atoms with Gasteiger partial charge in [-0.15, -0.1) is 0 Å². The summed E-state index contributed by atoms with van der Waals surface area (Å²) in [4.78, 5) is 12.8. The number of methoxy groups -OCH3 is 3. The molecule has 2 heterocycles. The van der Waals surface area contributed by atoms with Crippen LogP contribution in [0.1, 0.15) is 32.8 Å². The highest BCUT2D eigenvalue weighted by atomic mass is 16.7. The molecule has 1 fully saturated rings. The Kier molecular flexibility index (Phi) is 3.65. The van der Waals surface area contributed by atoms with Crippen molar-refractivity contribution in [2.75, 3.05) is 34.7 Å². The van der Waals surface area contributed by atoms with Crippen LogP contribution in [0.15, 0.2) is 24.3 Å². The van der Waals surface area contributed by atoms with Crippen molar-refractivity contribution in [3.63, 3.8) is 0 Å². The predicted octanol–water partition coefficient (Wildman–Crippen LogP) is 2.41. The molecule has 1 aliphatic carbocycles. The fraction of sp³-hybridized carbons (Fsp3) is 0.409. The zero-order chi connectivity index (χ0) is 23.5. The molecule has 1 N–H and O–H groups in total. The smallest absolute Gasteiger partial charge is 0.310 e. The molecule has 0 bridgehead atoms. The lowest BCUT2D eigenvalue weighted by Gasteiger charge is -2.37. The number of carbonyl (C=O) groups is 1. The van der Waals surface area contributed by atoms with E-state index < -0.39 is 36.9 Å². The van der Waals surface area contributed by atoms with Crippen molar-refractivity contribution in [1.82, 2.24) is 0 Å². The number of fused-ring (bicyclic) bond motifs is 3. The van der Waals surface area contributed by atoms with Crippen molar-refractivity contribution in [3.05, 3.63) is 41.0 Å². The normalized spacial score (nSPS) is 27.8. The molecular formula is C22H22O8. The Morgan fingerprint density at radius 1 is 1.00 bits per heavy atom. The fourth-order valence-electron chi connectivity index (χ4n) is 4.71. The third-order valence-corrected chi connectivity index (χ3v) is 6.09. The van der Waals surface area contributed by atoms with E-state index in [4.69, 9.17) is 32.5 Å². The Hall–Kier alpha value is -3.13. The van der Waals surface area contributed by atoms with Gasteiger partial charge in [-0.3, -0.25) is 4.79 Å². The van der Waals surface area contributed by atoms with Crippen LogP contribution >= 0.6 is 0 Å². The van der Waals surface area contributed by atoms with Crippen molar-refractivity contribution in [1.29, 1.82) is 0 Å². The number of hydrogen-bond donors (Lipinski definition) is 1. The van der Waals surface area contributed by atoms with Crippen LogP contribution in [-0.2, 0) is 9.53 Å². The minimum atomic E-state index is -2.72. The number of benzene rings is 2. The van der Waals surface area contributed by atoms with Crippen molar-refractivity contribution in [3.8, 4) is 28.7 Å². The van der Waals surface area contributed by atoms with E-state index in [-0.39, 0.29) is 30.6 Å². The Morgan fingerprint density at radius 2 is 1.67 bits per heavy atom. The number of rotatable bonds is 4. The lowest BCUT2D eigenvalue weighted by atomic mass is 9.66. The SMILES string of the molecule is [2H]C([2H])([2H])Oc1c(OC)cc([C@@H]2c3cc4c(cc3[C@H](O)[C@H]3COC(=O)[C@@H]23)OCO4)cc1OC. The first-order valence-corrected chi connectivity index (χ1v) is 9.45. The van der Waals surface area contributed by atoms with Gasteiger partial charge >= 0.3 is 5.97 Å². The molecule has 0 amide bonds. The highest BCUT2D eigenvalue weighted by Gasteiger charge is 2.52.